The minimum absolute atomic E-state index is 0.852. The zero-order valence-corrected chi connectivity index (χ0v) is 8.50. The van der Waals surface area contributed by atoms with Crippen LogP contribution in [0, 0.1) is 5.92 Å². The summed E-state index contributed by atoms with van der Waals surface area (Å²) in [6, 6.07) is 0. The van der Waals surface area contributed by atoms with Crippen LogP contribution < -0.4 is 0 Å². The molecule has 0 aromatic carbocycles. The molecule has 0 aliphatic carbocycles. The van der Waals surface area contributed by atoms with E-state index in [9.17, 15) is 0 Å². The van der Waals surface area contributed by atoms with E-state index < -0.39 is 0 Å². The van der Waals surface area contributed by atoms with E-state index in [0.717, 1.165) is 11.2 Å². The summed E-state index contributed by atoms with van der Waals surface area (Å²) in [4.78, 5) is 0. The van der Waals surface area contributed by atoms with E-state index in [1.54, 1.807) is 0 Å². The summed E-state index contributed by atoms with van der Waals surface area (Å²) in [6.45, 7) is 9.13. The first-order valence-corrected chi connectivity index (χ1v) is 5.37. The highest BCUT2D eigenvalue weighted by Crippen LogP contribution is 2.19. The molecule has 0 amide bonds. The number of thioether (sulfide) groups is 1. The van der Waals surface area contributed by atoms with Crippen LogP contribution in [0.25, 0.3) is 0 Å². The third-order valence-electron chi connectivity index (χ3n) is 1.58. The summed E-state index contributed by atoms with van der Waals surface area (Å²) in [5.41, 5.74) is 0. The van der Waals surface area contributed by atoms with Crippen molar-refractivity contribution in [1.29, 1.82) is 0 Å². The topological polar surface area (TPSA) is 0 Å². The van der Waals surface area contributed by atoms with Gasteiger partial charge in [0.15, 0.2) is 0 Å². The third-order valence-corrected chi connectivity index (χ3v) is 3.57. The fraction of sp³-hybridized carbons (Fsp3) is 1.00. The van der Waals surface area contributed by atoms with Gasteiger partial charge in [0, 0.05) is 5.25 Å². The van der Waals surface area contributed by atoms with Gasteiger partial charge in [0.1, 0.15) is 0 Å². The molecule has 0 aromatic heterocycles. The molecule has 0 heterocycles. The van der Waals surface area contributed by atoms with E-state index in [1.165, 1.54) is 18.6 Å². The molecule has 0 radical (unpaired) electrons. The summed E-state index contributed by atoms with van der Waals surface area (Å²) in [7, 11) is 0. The number of hydrogen-bond acceptors (Lipinski definition) is 1. The summed E-state index contributed by atoms with van der Waals surface area (Å²) < 4.78 is 0. The van der Waals surface area contributed by atoms with Crippen LogP contribution >= 0.6 is 11.8 Å². The largest absolute Gasteiger partial charge is 0.158 e. The van der Waals surface area contributed by atoms with Gasteiger partial charge < -0.3 is 0 Å². The van der Waals surface area contributed by atoms with Crippen LogP contribution in [0.4, 0.5) is 0 Å². The van der Waals surface area contributed by atoms with E-state index in [2.05, 4.69) is 39.5 Å². The van der Waals surface area contributed by atoms with Gasteiger partial charge in [0.25, 0.3) is 0 Å². The van der Waals surface area contributed by atoms with Crippen LogP contribution in [-0.2, 0) is 0 Å². The van der Waals surface area contributed by atoms with Gasteiger partial charge >= 0.3 is 0 Å². The van der Waals surface area contributed by atoms with Crippen molar-refractivity contribution in [3.05, 3.63) is 0 Å². The third kappa shape index (κ3) is 5.16. The van der Waals surface area contributed by atoms with Gasteiger partial charge in [-0.2, -0.15) is 11.8 Å². The fourth-order valence-corrected chi connectivity index (χ4v) is 1.98. The van der Waals surface area contributed by atoms with E-state index in [-0.39, 0.29) is 0 Å². The van der Waals surface area contributed by atoms with Crippen LogP contribution in [0.15, 0.2) is 0 Å². The van der Waals surface area contributed by atoms with Gasteiger partial charge in [-0.05, 0) is 24.5 Å². The van der Waals surface area contributed by atoms with Gasteiger partial charge in [-0.3, -0.25) is 0 Å². The van der Waals surface area contributed by atoms with Gasteiger partial charge in [-0.15, -0.1) is 0 Å². The van der Waals surface area contributed by atoms with Gasteiger partial charge in [0.05, 0.1) is 0 Å². The molecule has 10 heavy (non-hydrogen) atoms. The van der Waals surface area contributed by atoms with Crippen molar-refractivity contribution in [2.24, 2.45) is 5.92 Å². The Morgan fingerprint density at radius 2 is 1.60 bits per heavy atom. The molecule has 0 saturated heterocycles. The molecule has 0 aliphatic rings. The molecule has 0 N–H and O–H groups in total. The zero-order chi connectivity index (χ0) is 7.98. The van der Waals surface area contributed by atoms with Crippen molar-refractivity contribution in [3.8, 4) is 0 Å². The maximum Gasteiger partial charge on any atom is 0.00419 e. The smallest absolute Gasteiger partial charge is 0.00419 e. The lowest BCUT2D eigenvalue weighted by Gasteiger charge is -2.12. The number of hydrogen-bond donors (Lipinski definition) is 0. The minimum atomic E-state index is 0.852. The fourth-order valence-electron chi connectivity index (χ4n) is 0.853. The van der Waals surface area contributed by atoms with E-state index in [4.69, 9.17) is 0 Å². The molecular formula is C9H20S. The SMILES string of the molecule is CCC(CC)SCC(C)C. The van der Waals surface area contributed by atoms with Gasteiger partial charge in [-0.25, -0.2) is 0 Å². The molecule has 62 valence electrons. The molecule has 0 bridgehead atoms. The lowest BCUT2D eigenvalue weighted by molar-refractivity contribution is 0.735. The Hall–Kier alpha value is 0.350. The second-order valence-corrected chi connectivity index (χ2v) is 4.50. The molecule has 0 unspecified atom stereocenters. The molecule has 0 rings (SSSR count). The first kappa shape index (κ1) is 10.3. The molecule has 0 aromatic rings. The highest BCUT2D eigenvalue weighted by atomic mass is 32.2. The Morgan fingerprint density at radius 1 is 1.10 bits per heavy atom. The van der Waals surface area contributed by atoms with Crippen LogP contribution in [0.5, 0.6) is 0 Å². The average Bonchev–Trinajstić information content (AvgIpc) is 1.90. The quantitative estimate of drug-likeness (QED) is 0.592. The monoisotopic (exact) mass is 160 g/mol. The van der Waals surface area contributed by atoms with Gasteiger partial charge in [-0.1, -0.05) is 27.7 Å². The van der Waals surface area contributed by atoms with E-state index in [1.807, 2.05) is 0 Å². The molecule has 0 aliphatic heterocycles. The second kappa shape index (κ2) is 6.09. The van der Waals surface area contributed by atoms with Crippen LogP contribution in [0.3, 0.4) is 0 Å². The van der Waals surface area contributed by atoms with Gasteiger partial charge in [0.2, 0.25) is 0 Å². The Bertz CT molecular complexity index is 65.1. The highest BCUT2D eigenvalue weighted by Gasteiger charge is 2.03. The van der Waals surface area contributed by atoms with Crippen LogP contribution in [-0.4, -0.2) is 11.0 Å². The molecular weight excluding hydrogens is 140 g/mol. The molecule has 0 saturated carbocycles. The minimum Gasteiger partial charge on any atom is -0.158 e. The normalized spacial score (nSPS) is 11.4. The maximum absolute atomic E-state index is 2.29. The Kier molecular flexibility index (Phi) is 6.30. The van der Waals surface area contributed by atoms with Crippen molar-refractivity contribution in [3.63, 3.8) is 0 Å². The van der Waals surface area contributed by atoms with Crippen LogP contribution in [0.1, 0.15) is 40.5 Å². The summed E-state index contributed by atoms with van der Waals surface area (Å²) in [6.07, 6.45) is 2.65. The Balaban J connectivity index is 3.26. The summed E-state index contributed by atoms with van der Waals surface area (Å²) >= 11 is 2.13. The van der Waals surface area contributed by atoms with Crippen molar-refractivity contribution in [1.82, 2.24) is 0 Å². The first-order valence-electron chi connectivity index (χ1n) is 4.32. The molecule has 0 nitrogen and oxygen atoms in total. The van der Waals surface area contributed by atoms with Crippen molar-refractivity contribution < 1.29 is 0 Å². The average molecular weight is 160 g/mol. The predicted molar refractivity (Wildman–Crippen MR) is 51.7 cm³/mol. The Labute approximate surface area is 69.8 Å². The van der Waals surface area contributed by atoms with E-state index >= 15 is 0 Å². The van der Waals surface area contributed by atoms with Crippen molar-refractivity contribution in [2.75, 3.05) is 5.75 Å². The first-order chi connectivity index (χ1) is 4.70. The zero-order valence-electron chi connectivity index (χ0n) is 7.68. The predicted octanol–water partition coefficient (Wildman–Crippen LogP) is 3.56. The molecule has 1 heteroatoms. The molecule has 0 atom stereocenters. The molecule has 0 spiro atoms. The molecule has 0 fully saturated rings. The second-order valence-electron chi connectivity index (χ2n) is 3.17. The standard InChI is InChI=1S/C9H20S/c1-5-9(6-2)10-7-8(3)4/h8-9H,5-7H2,1-4H3. The maximum atomic E-state index is 2.29. The lowest BCUT2D eigenvalue weighted by Crippen LogP contribution is -2.02. The lowest BCUT2D eigenvalue weighted by atomic mass is 10.3. The summed E-state index contributed by atoms with van der Waals surface area (Å²) in [5, 5.41) is 0.905. The highest BCUT2D eigenvalue weighted by molar-refractivity contribution is 7.99. The van der Waals surface area contributed by atoms with Crippen molar-refractivity contribution in [2.45, 2.75) is 45.8 Å². The Morgan fingerprint density at radius 3 is 1.90 bits per heavy atom. The number of rotatable bonds is 5. The van der Waals surface area contributed by atoms with E-state index in [0.29, 0.717) is 0 Å². The van der Waals surface area contributed by atoms with Crippen molar-refractivity contribution >= 4 is 11.8 Å². The summed E-state index contributed by atoms with van der Waals surface area (Å²) in [5.74, 6) is 2.18. The van der Waals surface area contributed by atoms with Crippen LogP contribution in [0.2, 0.25) is 0 Å².